The van der Waals surface area contributed by atoms with Crippen LogP contribution in [0.1, 0.15) is 128 Å². The molecular formula is C50H80N2O13Si2. The highest BCUT2D eigenvalue weighted by molar-refractivity contribution is 6.74. The van der Waals surface area contributed by atoms with Crippen LogP contribution in [0.4, 0.5) is 4.79 Å². The summed E-state index contributed by atoms with van der Waals surface area (Å²) in [5.74, 6) is -3.85. The largest absolute Gasteiger partial charge is 0.456 e. The van der Waals surface area contributed by atoms with Crippen LogP contribution in [0.25, 0.3) is 0 Å². The number of rotatable bonds is 17. The van der Waals surface area contributed by atoms with Gasteiger partial charge in [-0.15, -0.1) is 0 Å². The Bertz CT molecular complexity index is 2020. The first-order valence-corrected chi connectivity index (χ1v) is 29.5. The van der Waals surface area contributed by atoms with E-state index in [1.54, 1.807) is 72.7 Å². The number of alkyl carbamates (subject to hydrolysis) is 1. The standard InChI is InChI=1S/C50H80N2O13Si2/c1-16-66(17-2,18-3)64-35-27-36-49(29-59-36,62-32(9)54)41-42(51)50(58)28-34(30(7)37(47(50,13)14)39(60-31(8)53)43(55)48(35,41)15)61-44(56)40(65-67(19-4,20-5)21-6)38(33-25-23-22-24-26-33)52-45(57)63-46(10,11)12/h22-26,34-36,38-42,58H,16-21,27-29,51H2,1-15H3,(H,52,57)/t34-,35-,36+,38-,39+,40+,41-,42-,48+,49-,50+/m0/s1. The lowest BCUT2D eigenvalue weighted by molar-refractivity contribution is -0.329. The molecule has 0 spiro atoms. The van der Waals surface area contributed by atoms with Crippen molar-refractivity contribution in [2.75, 3.05) is 6.61 Å². The predicted octanol–water partition coefficient (Wildman–Crippen LogP) is 7.99. The molecule has 1 saturated heterocycles. The molecule has 2 saturated carbocycles. The summed E-state index contributed by atoms with van der Waals surface area (Å²) in [4.78, 5) is 71.6. The van der Waals surface area contributed by atoms with Gasteiger partial charge in [0.25, 0.3) is 0 Å². The Labute approximate surface area is 400 Å². The maximum atomic E-state index is 16.1. The molecule has 15 nitrogen and oxygen atoms in total. The van der Waals surface area contributed by atoms with E-state index in [0.29, 0.717) is 29.3 Å². The Morgan fingerprint density at radius 2 is 1.46 bits per heavy atom. The quantitative estimate of drug-likeness (QED) is 0.0586. The van der Waals surface area contributed by atoms with E-state index in [2.05, 4.69) is 26.1 Å². The minimum absolute atomic E-state index is 0.0968. The minimum Gasteiger partial charge on any atom is -0.456 e. The van der Waals surface area contributed by atoms with Gasteiger partial charge in [-0.05, 0) is 87.6 Å². The number of hydrogen-bond acceptors (Lipinski definition) is 14. The van der Waals surface area contributed by atoms with Gasteiger partial charge in [0.1, 0.15) is 17.8 Å². The van der Waals surface area contributed by atoms with E-state index in [-0.39, 0.29) is 25.0 Å². The number of ether oxygens (including phenoxy) is 5. The second-order valence-electron chi connectivity index (χ2n) is 21.2. The summed E-state index contributed by atoms with van der Waals surface area (Å²) in [6.07, 6.45) is -6.63. The molecule has 0 aromatic heterocycles. The molecule has 376 valence electrons. The van der Waals surface area contributed by atoms with Crippen LogP contribution < -0.4 is 11.1 Å². The van der Waals surface area contributed by atoms with Crippen LogP contribution in [0.15, 0.2) is 41.5 Å². The van der Waals surface area contributed by atoms with Crippen LogP contribution in [0, 0.1) is 16.7 Å². The van der Waals surface area contributed by atoms with E-state index in [1.807, 2.05) is 26.8 Å². The number of Topliss-reactive ketones (excluding diaryl/α,β-unsaturated/α-hetero) is 1. The molecule has 2 bridgehead atoms. The van der Waals surface area contributed by atoms with E-state index in [0.717, 1.165) is 18.1 Å². The molecule has 0 unspecified atom stereocenters. The first-order chi connectivity index (χ1) is 31.2. The Morgan fingerprint density at radius 1 is 0.896 bits per heavy atom. The maximum Gasteiger partial charge on any atom is 0.408 e. The average molecular weight is 973 g/mol. The summed E-state index contributed by atoms with van der Waals surface area (Å²) in [6.45, 7) is 26.9. The number of fused-ring (bicyclic) bond motifs is 5. The Balaban J connectivity index is 1.76. The SMILES string of the molecule is CC[Si](CC)(CC)O[C@H]1C[C@H]2OC[C@@]2(OC(C)=O)[C@H]2[C@H](N)[C@]3(O)C[C@H](OC(=O)[C@H](O[Si](CC)(CC)CC)[C@@H](NC(=O)OC(C)(C)C)c4ccccc4)C(C)=C([C@@H](OC(C)=O)C(=O)[C@]12C)C3(C)C. The van der Waals surface area contributed by atoms with Gasteiger partial charge in [0.2, 0.25) is 0 Å². The highest BCUT2D eigenvalue weighted by atomic mass is 28.4. The Hall–Kier alpha value is -3.46. The van der Waals surface area contributed by atoms with Gasteiger partial charge in [0.05, 0.1) is 29.8 Å². The van der Waals surface area contributed by atoms with Crippen molar-refractivity contribution in [3.63, 3.8) is 0 Å². The van der Waals surface area contributed by atoms with Crippen LogP contribution >= 0.6 is 0 Å². The summed E-state index contributed by atoms with van der Waals surface area (Å²) in [6, 6.07) is 10.9. The summed E-state index contributed by atoms with van der Waals surface area (Å²) in [5.41, 5.74) is 1.44. The van der Waals surface area contributed by atoms with Crippen molar-refractivity contribution in [2.45, 2.75) is 212 Å². The number of benzene rings is 1. The third-order valence-corrected chi connectivity index (χ3v) is 25.6. The van der Waals surface area contributed by atoms with Crippen LogP contribution in [0.5, 0.6) is 0 Å². The molecule has 3 aliphatic carbocycles. The third-order valence-electron chi connectivity index (χ3n) is 16.3. The number of nitrogens with two attached hydrogens (primary N) is 1. The molecular weight excluding hydrogens is 893 g/mol. The number of carbonyl (C=O) groups excluding carboxylic acids is 5. The molecule has 5 rings (SSSR count). The lowest BCUT2D eigenvalue weighted by Crippen LogP contribution is -2.83. The highest BCUT2D eigenvalue weighted by Crippen LogP contribution is 2.64. The Kier molecular flexibility index (Phi) is 16.4. The zero-order chi connectivity index (χ0) is 50.3. The molecule has 0 radical (unpaired) electrons. The van der Waals surface area contributed by atoms with E-state index in [1.165, 1.54) is 13.8 Å². The first-order valence-electron chi connectivity index (χ1n) is 24.5. The summed E-state index contributed by atoms with van der Waals surface area (Å²) in [5, 5.41) is 16.7. The number of amides is 1. The molecule has 1 aliphatic heterocycles. The van der Waals surface area contributed by atoms with Gasteiger partial charge in [0, 0.05) is 44.1 Å². The minimum atomic E-state index is -2.67. The molecule has 4 aliphatic rings. The van der Waals surface area contributed by atoms with Gasteiger partial charge < -0.3 is 48.7 Å². The van der Waals surface area contributed by atoms with Crippen LogP contribution in [0.3, 0.4) is 0 Å². The zero-order valence-corrected chi connectivity index (χ0v) is 44.8. The molecule has 1 aromatic rings. The van der Waals surface area contributed by atoms with Gasteiger partial charge in [-0.25, -0.2) is 9.59 Å². The average Bonchev–Trinajstić information content (AvgIpc) is 3.25. The maximum absolute atomic E-state index is 16.1. The van der Waals surface area contributed by atoms with Crippen LogP contribution in [-0.2, 0) is 51.7 Å². The van der Waals surface area contributed by atoms with Crippen molar-refractivity contribution in [3.8, 4) is 0 Å². The number of nitrogens with one attached hydrogen (secondary N) is 1. The molecule has 11 atom stereocenters. The number of hydrogen-bond donors (Lipinski definition) is 3. The summed E-state index contributed by atoms with van der Waals surface area (Å²) < 4.78 is 45.3. The molecule has 1 aromatic carbocycles. The van der Waals surface area contributed by atoms with E-state index in [4.69, 9.17) is 38.3 Å². The van der Waals surface area contributed by atoms with Crippen LogP contribution in [0.2, 0.25) is 36.3 Å². The fourth-order valence-electron chi connectivity index (χ4n) is 11.9. The number of carbonyl (C=O) groups is 5. The first kappa shape index (κ1) is 54.5. The van der Waals surface area contributed by atoms with Crippen molar-refractivity contribution >= 4 is 46.4 Å². The van der Waals surface area contributed by atoms with Gasteiger partial charge in [-0.3, -0.25) is 14.4 Å². The smallest absolute Gasteiger partial charge is 0.408 e. The van der Waals surface area contributed by atoms with Gasteiger partial charge >= 0.3 is 24.0 Å². The number of esters is 3. The molecule has 17 heteroatoms. The lowest BCUT2D eigenvalue weighted by Gasteiger charge is -2.68. The number of ketones is 1. The van der Waals surface area contributed by atoms with Gasteiger partial charge in [-0.1, -0.05) is 85.7 Å². The molecule has 3 fully saturated rings. The molecule has 67 heavy (non-hydrogen) atoms. The van der Waals surface area contributed by atoms with Gasteiger partial charge in [-0.2, -0.15) is 0 Å². The molecule has 1 heterocycles. The normalized spacial score (nSPS) is 31.4. The van der Waals surface area contributed by atoms with E-state index < -0.39 is 123 Å². The van der Waals surface area contributed by atoms with E-state index in [9.17, 15) is 19.5 Å². The predicted molar refractivity (Wildman–Crippen MR) is 258 cm³/mol. The molecule has 4 N–H and O–H groups in total. The van der Waals surface area contributed by atoms with Crippen molar-refractivity contribution in [1.82, 2.24) is 5.32 Å². The summed E-state index contributed by atoms with van der Waals surface area (Å²) in [7, 11) is -5.17. The van der Waals surface area contributed by atoms with Crippen LogP contribution in [-0.4, -0.2) is 111 Å². The van der Waals surface area contributed by atoms with Crippen molar-refractivity contribution in [2.24, 2.45) is 22.5 Å². The molecule has 1 amide bonds. The summed E-state index contributed by atoms with van der Waals surface area (Å²) >= 11 is 0. The fourth-order valence-corrected chi connectivity index (χ4v) is 17.6. The number of aliphatic hydroxyl groups is 1. The zero-order valence-electron chi connectivity index (χ0n) is 42.8. The fraction of sp³-hybridized carbons (Fsp3) is 0.740. The highest BCUT2D eigenvalue weighted by Gasteiger charge is 2.77. The monoisotopic (exact) mass is 973 g/mol. The second kappa shape index (κ2) is 20.1. The van der Waals surface area contributed by atoms with E-state index >= 15 is 9.59 Å². The van der Waals surface area contributed by atoms with Crippen molar-refractivity contribution in [3.05, 3.63) is 47.0 Å². The topological polar surface area (TPSA) is 208 Å². The lowest BCUT2D eigenvalue weighted by atomic mass is 9.44. The van der Waals surface area contributed by atoms with Gasteiger partial charge in [0.15, 0.2) is 40.2 Å². The Morgan fingerprint density at radius 3 is 1.94 bits per heavy atom. The second-order valence-corrected chi connectivity index (χ2v) is 30.6. The third kappa shape index (κ3) is 9.85. The van der Waals surface area contributed by atoms with Crippen molar-refractivity contribution < 1.29 is 61.6 Å². The van der Waals surface area contributed by atoms with Crippen molar-refractivity contribution in [1.29, 1.82) is 0 Å².